The van der Waals surface area contributed by atoms with E-state index in [1.165, 1.54) is 16.5 Å². The first kappa shape index (κ1) is 15.2. The fraction of sp³-hybridized carbons (Fsp3) is 0.188. The summed E-state index contributed by atoms with van der Waals surface area (Å²) in [5.41, 5.74) is 2.07. The third-order valence-electron chi connectivity index (χ3n) is 3.63. The Morgan fingerprint density at radius 1 is 1.23 bits per heavy atom. The zero-order valence-electron chi connectivity index (χ0n) is 11.9. The molecule has 0 saturated carbocycles. The molecule has 6 heteroatoms. The van der Waals surface area contributed by atoms with Gasteiger partial charge >= 0.3 is 0 Å². The van der Waals surface area contributed by atoms with Gasteiger partial charge in [-0.05, 0) is 30.4 Å². The fourth-order valence-electron chi connectivity index (χ4n) is 2.51. The maximum Gasteiger partial charge on any atom is 0.182 e. The number of hydrogen-bond donors (Lipinski definition) is 2. The molecule has 0 aromatic heterocycles. The summed E-state index contributed by atoms with van der Waals surface area (Å²) in [6.07, 6.45) is 0. The van der Waals surface area contributed by atoms with Gasteiger partial charge in [-0.3, -0.25) is 9.80 Å². The van der Waals surface area contributed by atoms with Gasteiger partial charge in [0, 0.05) is 5.56 Å². The molecule has 1 saturated heterocycles. The van der Waals surface area contributed by atoms with Crippen LogP contribution in [0.4, 0.5) is 10.1 Å². The minimum atomic E-state index is -0.421. The number of rotatable bonds is 3. The molecule has 1 atom stereocenters. The van der Waals surface area contributed by atoms with E-state index in [4.69, 9.17) is 23.8 Å². The zero-order chi connectivity index (χ0) is 15.5. The molecule has 22 heavy (non-hydrogen) atoms. The minimum absolute atomic E-state index is 0.107. The third-order valence-corrected chi connectivity index (χ3v) is 4.28. The lowest BCUT2D eigenvalue weighted by molar-refractivity contribution is -0.916. The molecule has 2 aromatic carbocycles. The lowest BCUT2D eigenvalue weighted by atomic mass is 10.2. The van der Waals surface area contributed by atoms with Crippen molar-refractivity contribution in [1.82, 2.24) is 5.32 Å². The van der Waals surface area contributed by atoms with Crippen LogP contribution in [0.2, 0.25) is 5.02 Å². The van der Waals surface area contributed by atoms with Crippen molar-refractivity contribution in [3.05, 3.63) is 64.9 Å². The molecule has 2 aromatic rings. The highest BCUT2D eigenvalue weighted by Gasteiger charge is 2.25. The van der Waals surface area contributed by atoms with Crippen molar-refractivity contribution >= 4 is 34.6 Å². The van der Waals surface area contributed by atoms with Gasteiger partial charge in [-0.25, -0.2) is 4.39 Å². The van der Waals surface area contributed by atoms with Crippen molar-refractivity contribution in [2.24, 2.45) is 0 Å². The first-order valence-electron chi connectivity index (χ1n) is 7.01. The van der Waals surface area contributed by atoms with Crippen molar-refractivity contribution in [1.29, 1.82) is 0 Å². The number of hydrogen-bond acceptors (Lipinski definition) is 1. The lowest BCUT2D eigenvalue weighted by Gasteiger charge is -2.35. The smallest absolute Gasteiger partial charge is 0.182 e. The van der Waals surface area contributed by atoms with Crippen LogP contribution in [0.5, 0.6) is 0 Å². The minimum Gasteiger partial charge on any atom is -0.315 e. The summed E-state index contributed by atoms with van der Waals surface area (Å²) in [6.45, 7) is 2.36. The van der Waals surface area contributed by atoms with Gasteiger partial charge in [-0.15, -0.1) is 0 Å². The van der Waals surface area contributed by atoms with Crippen molar-refractivity contribution in [2.45, 2.75) is 6.54 Å². The molecule has 0 aliphatic carbocycles. The zero-order valence-corrected chi connectivity index (χ0v) is 13.4. The molecule has 0 amide bonds. The highest BCUT2D eigenvalue weighted by atomic mass is 35.5. The second-order valence-electron chi connectivity index (χ2n) is 5.26. The Hall–Kier alpha value is -1.69. The molecular formula is C16H16ClFN3S+. The van der Waals surface area contributed by atoms with Crippen LogP contribution in [0.1, 0.15) is 5.56 Å². The normalized spacial score (nSPS) is 18.2. The number of quaternary nitrogens is 1. The average Bonchev–Trinajstić information content (AvgIpc) is 2.53. The summed E-state index contributed by atoms with van der Waals surface area (Å²) in [4.78, 5) is 3.27. The van der Waals surface area contributed by atoms with Crippen LogP contribution in [0.25, 0.3) is 0 Å². The summed E-state index contributed by atoms with van der Waals surface area (Å²) in [6, 6.07) is 15.0. The van der Waals surface area contributed by atoms with Gasteiger partial charge < -0.3 is 5.32 Å². The maximum atomic E-state index is 13.3. The number of thiocarbonyl (C=S) groups is 1. The highest BCUT2D eigenvalue weighted by Crippen LogP contribution is 2.22. The molecule has 3 rings (SSSR count). The van der Waals surface area contributed by atoms with Crippen LogP contribution in [0.3, 0.4) is 0 Å². The van der Waals surface area contributed by atoms with Crippen LogP contribution in [-0.4, -0.2) is 18.4 Å². The van der Waals surface area contributed by atoms with Crippen molar-refractivity contribution in [3.63, 3.8) is 0 Å². The summed E-state index contributed by atoms with van der Waals surface area (Å²) in [5.74, 6) is -0.421. The molecule has 1 fully saturated rings. The van der Waals surface area contributed by atoms with Gasteiger partial charge in [-0.2, -0.15) is 0 Å². The topological polar surface area (TPSA) is 19.7 Å². The summed E-state index contributed by atoms with van der Waals surface area (Å²) in [7, 11) is 0. The Bertz CT molecular complexity index is 680. The van der Waals surface area contributed by atoms with Crippen molar-refractivity contribution in [2.75, 3.05) is 18.2 Å². The van der Waals surface area contributed by atoms with Gasteiger partial charge in [0.25, 0.3) is 0 Å². The summed E-state index contributed by atoms with van der Waals surface area (Å²) >= 11 is 11.2. The third kappa shape index (κ3) is 3.38. The number of nitrogens with one attached hydrogen (secondary N) is 2. The van der Waals surface area contributed by atoms with E-state index in [2.05, 4.69) is 17.4 Å². The molecule has 0 bridgehead atoms. The van der Waals surface area contributed by atoms with E-state index in [0.717, 1.165) is 18.9 Å². The maximum absolute atomic E-state index is 13.3. The fourth-order valence-corrected chi connectivity index (χ4v) is 2.93. The lowest BCUT2D eigenvalue weighted by Crippen LogP contribution is -3.16. The van der Waals surface area contributed by atoms with Crippen LogP contribution in [0, 0.1) is 5.82 Å². The number of nitrogens with zero attached hydrogens (tertiary/aromatic N) is 1. The van der Waals surface area contributed by atoms with Crippen molar-refractivity contribution in [3.8, 4) is 0 Å². The second-order valence-corrected chi connectivity index (χ2v) is 6.05. The van der Waals surface area contributed by atoms with E-state index in [-0.39, 0.29) is 5.02 Å². The Balaban J connectivity index is 1.76. The van der Waals surface area contributed by atoms with Crippen molar-refractivity contribution < 1.29 is 9.29 Å². The second kappa shape index (κ2) is 6.60. The number of halogens is 2. The van der Waals surface area contributed by atoms with Crippen LogP contribution < -0.4 is 15.1 Å². The van der Waals surface area contributed by atoms with Crippen LogP contribution in [-0.2, 0) is 6.54 Å². The first-order valence-corrected chi connectivity index (χ1v) is 7.80. The van der Waals surface area contributed by atoms with Crippen LogP contribution in [0.15, 0.2) is 48.5 Å². The SMILES string of the molecule is Fc1ccc(N2C[NH+](Cc3ccccc3)CNC2=S)cc1Cl. The molecule has 1 aliphatic rings. The monoisotopic (exact) mass is 336 g/mol. The Kier molecular flexibility index (Phi) is 4.57. The van der Waals surface area contributed by atoms with E-state index in [1.54, 1.807) is 12.1 Å². The van der Waals surface area contributed by atoms with Gasteiger partial charge in [-0.1, -0.05) is 41.9 Å². The number of benzene rings is 2. The van der Waals surface area contributed by atoms with Gasteiger partial charge in [0.1, 0.15) is 12.4 Å². The molecule has 0 spiro atoms. The summed E-state index contributed by atoms with van der Waals surface area (Å²) < 4.78 is 13.3. The standard InChI is InChI=1S/C16H15ClFN3S/c17-14-8-13(6-7-15(14)18)21-11-20(10-19-16(21)22)9-12-4-2-1-3-5-12/h1-8H,9-11H2,(H,19,22)/p+1. The molecule has 1 heterocycles. The molecule has 3 nitrogen and oxygen atoms in total. The van der Waals surface area contributed by atoms with Gasteiger partial charge in [0.15, 0.2) is 18.4 Å². The molecular weight excluding hydrogens is 321 g/mol. The average molecular weight is 337 g/mol. The Morgan fingerprint density at radius 2 is 2.00 bits per heavy atom. The Labute approximate surface area is 139 Å². The van der Waals surface area contributed by atoms with Crippen LogP contribution >= 0.6 is 23.8 Å². The van der Waals surface area contributed by atoms with E-state index in [0.29, 0.717) is 11.8 Å². The largest absolute Gasteiger partial charge is 0.315 e. The molecule has 0 radical (unpaired) electrons. The number of anilines is 1. The first-order chi connectivity index (χ1) is 10.6. The predicted molar refractivity (Wildman–Crippen MR) is 90.5 cm³/mol. The van der Waals surface area contributed by atoms with Gasteiger partial charge in [0.2, 0.25) is 0 Å². The van der Waals surface area contributed by atoms with E-state index < -0.39 is 5.82 Å². The molecule has 2 N–H and O–H groups in total. The molecule has 1 aliphatic heterocycles. The molecule has 114 valence electrons. The van der Waals surface area contributed by atoms with E-state index >= 15 is 0 Å². The predicted octanol–water partition coefficient (Wildman–Crippen LogP) is 2.17. The summed E-state index contributed by atoms with van der Waals surface area (Å²) in [5, 5.41) is 3.96. The quantitative estimate of drug-likeness (QED) is 0.838. The Morgan fingerprint density at radius 3 is 2.73 bits per heavy atom. The molecule has 1 unspecified atom stereocenters. The van der Waals surface area contributed by atoms with E-state index in [9.17, 15) is 4.39 Å². The highest BCUT2D eigenvalue weighted by molar-refractivity contribution is 7.80. The van der Waals surface area contributed by atoms with Gasteiger partial charge in [0.05, 0.1) is 10.7 Å². The van der Waals surface area contributed by atoms with E-state index in [1.807, 2.05) is 23.1 Å².